The summed E-state index contributed by atoms with van der Waals surface area (Å²) in [5, 5.41) is 18.2. The minimum Gasteiger partial charge on any atom is -0.494 e. The molecular weight excluding hydrogens is 394 g/mol. The van der Waals surface area contributed by atoms with E-state index in [0.29, 0.717) is 28.8 Å². The van der Waals surface area contributed by atoms with Crippen LogP contribution < -0.4 is 15.4 Å². The summed E-state index contributed by atoms with van der Waals surface area (Å²) >= 11 is 6.16. The number of nitrogens with one attached hydrogen (secondary N) is 2. The van der Waals surface area contributed by atoms with E-state index in [-0.39, 0.29) is 23.1 Å². The smallest absolute Gasteiger partial charge is 0.332 e. The lowest BCUT2D eigenvalue weighted by molar-refractivity contribution is -0.385. The summed E-state index contributed by atoms with van der Waals surface area (Å²) in [5.74, 6) is 1.03. The van der Waals surface area contributed by atoms with Crippen molar-refractivity contribution in [2.75, 3.05) is 17.2 Å². The van der Waals surface area contributed by atoms with Crippen LogP contribution in [-0.4, -0.2) is 21.5 Å². The van der Waals surface area contributed by atoms with Gasteiger partial charge in [0.1, 0.15) is 11.4 Å². The molecule has 0 aliphatic heterocycles. The quantitative estimate of drug-likeness (QED) is 0.387. The summed E-state index contributed by atoms with van der Waals surface area (Å²) < 4.78 is 5.41. The van der Waals surface area contributed by atoms with Crippen LogP contribution in [0.2, 0.25) is 5.02 Å². The van der Waals surface area contributed by atoms with E-state index in [9.17, 15) is 10.1 Å². The van der Waals surface area contributed by atoms with Crippen LogP contribution in [0, 0.1) is 24.0 Å². The van der Waals surface area contributed by atoms with Gasteiger partial charge in [0.2, 0.25) is 11.8 Å². The SMILES string of the molecule is CCOc1ccc(Nc2nc(Nc3ccc(C)c(Cl)c3)nc(C)c2[N+](=O)[O-])cc1. The highest BCUT2D eigenvalue weighted by Gasteiger charge is 2.22. The fourth-order valence-electron chi connectivity index (χ4n) is 2.67. The third-order valence-corrected chi connectivity index (χ3v) is 4.50. The highest BCUT2D eigenvalue weighted by atomic mass is 35.5. The van der Waals surface area contributed by atoms with E-state index in [0.717, 1.165) is 5.56 Å². The molecule has 0 aliphatic rings. The summed E-state index contributed by atoms with van der Waals surface area (Å²) in [6, 6.07) is 12.5. The standard InChI is InChI=1S/C20H20ClN5O3/c1-4-29-16-9-7-14(8-10-16)23-19-18(26(27)28)13(3)22-20(25-19)24-15-6-5-12(2)17(21)11-15/h5-11H,4H2,1-3H3,(H2,22,23,24,25). The van der Waals surface area contributed by atoms with Crippen LogP contribution in [0.4, 0.5) is 28.8 Å². The maximum Gasteiger partial charge on any atom is 0.332 e. The van der Waals surface area contributed by atoms with Crippen molar-refractivity contribution in [3.63, 3.8) is 0 Å². The number of anilines is 4. The number of ether oxygens (including phenoxy) is 1. The maximum atomic E-state index is 11.6. The normalized spacial score (nSPS) is 10.5. The van der Waals surface area contributed by atoms with Crippen LogP contribution in [0.3, 0.4) is 0 Å². The van der Waals surface area contributed by atoms with Gasteiger partial charge in [-0.25, -0.2) is 4.98 Å². The lowest BCUT2D eigenvalue weighted by atomic mass is 10.2. The fourth-order valence-corrected chi connectivity index (χ4v) is 2.85. The Balaban J connectivity index is 1.93. The molecule has 1 aromatic heterocycles. The predicted molar refractivity (Wildman–Crippen MR) is 114 cm³/mol. The minimum absolute atomic E-state index is 0.0902. The van der Waals surface area contributed by atoms with Crippen LogP contribution in [0.5, 0.6) is 5.75 Å². The van der Waals surface area contributed by atoms with Crippen LogP contribution in [-0.2, 0) is 0 Å². The molecular formula is C20H20ClN5O3. The molecule has 0 aliphatic carbocycles. The van der Waals surface area contributed by atoms with Crippen molar-refractivity contribution in [2.45, 2.75) is 20.8 Å². The van der Waals surface area contributed by atoms with Crippen molar-refractivity contribution >= 4 is 40.4 Å². The number of nitro groups is 1. The first-order valence-corrected chi connectivity index (χ1v) is 9.31. The Hall–Kier alpha value is -3.39. The first kappa shape index (κ1) is 20.3. The topological polar surface area (TPSA) is 102 Å². The molecule has 0 unspecified atom stereocenters. The van der Waals surface area contributed by atoms with Gasteiger partial charge in [0.05, 0.1) is 11.5 Å². The molecule has 0 atom stereocenters. The van der Waals surface area contributed by atoms with Crippen LogP contribution in [0.25, 0.3) is 0 Å². The van der Waals surface area contributed by atoms with E-state index in [2.05, 4.69) is 20.6 Å². The third kappa shape index (κ3) is 4.91. The van der Waals surface area contributed by atoms with Gasteiger partial charge in [-0.3, -0.25) is 10.1 Å². The van der Waals surface area contributed by atoms with Gasteiger partial charge in [0, 0.05) is 16.4 Å². The van der Waals surface area contributed by atoms with Crippen molar-refractivity contribution in [3.8, 4) is 5.75 Å². The molecule has 1 heterocycles. The molecule has 3 aromatic rings. The maximum absolute atomic E-state index is 11.6. The van der Waals surface area contributed by atoms with Gasteiger partial charge < -0.3 is 15.4 Å². The summed E-state index contributed by atoms with van der Waals surface area (Å²) in [5.41, 5.74) is 2.31. The van der Waals surface area contributed by atoms with Crippen LogP contribution in [0.15, 0.2) is 42.5 Å². The molecule has 8 nitrogen and oxygen atoms in total. The summed E-state index contributed by atoms with van der Waals surface area (Å²) in [4.78, 5) is 19.6. The summed E-state index contributed by atoms with van der Waals surface area (Å²) in [6.07, 6.45) is 0. The molecule has 2 N–H and O–H groups in total. The first-order chi connectivity index (χ1) is 13.9. The number of nitrogens with zero attached hydrogens (tertiary/aromatic N) is 3. The summed E-state index contributed by atoms with van der Waals surface area (Å²) in [6.45, 7) is 5.92. The Kier molecular flexibility index (Phi) is 6.13. The molecule has 29 heavy (non-hydrogen) atoms. The molecule has 0 saturated heterocycles. The molecule has 2 aromatic carbocycles. The van der Waals surface area contributed by atoms with Crippen molar-refractivity contribution in [3.05, 3.63) is 68.9 Å². The van der Waals surface area contributed by atoms with E-state index in [4.69, 9.17) is 16.3 Å². The average Bonchev–Trinajstić information content (AvgIpc) is 2.66. The Morgan fingerprint density at radius 3 is 2.38 bits per heavy atom. The van der Waals surface area contributed by atoms with E-state index in [1.807, 2.05) is 26.0 Å². The monoisotopic (exact) mass is 413 g/mol. The van der Waals surface area contributed by atoms with Gasteiger partial charge >= 0.3 is 5.69 Å². The predicted octanol–water partition coefficient (Wildman–Crippen LogP) is 5.54. The van der Waals surface area contributed by atoms with E-state index >= 15 is 0 Å². The van der Waals surface area contributed by atoms with Crippen molar-refractivity contribution < 1.29 is 9.66 Å². The Labute approximate surface area is 173 Å². The van der Waals surface area contributed by atoms with E-state index < -0.39 is 4.92 Å². The number of aryl methyl sites for hydroxylation is 2. The van der Waals surface area contributed by atoms with Crippen LogP contribution in [0.1, 0.15) is 18.2 Å². The number of halogens is 1. The Morgan fingerprint density at radius 1 is 1.07 bits per heavy atom. The molecule has 0 fully saturated rings. The van der Waals surface area contributed by atoms with Crippen molar-refractivity contribution in [2.24, 2.45) is 0 Å². The lowest BCUT2D eigenvalue weighted by Gasteiger charge is -2.12. The molecule has 0 bridgehead atoms. The van der Waals surface area contributed by atoms with Gasteiger partial charge in [0.15, 0.2) is 0 Å². The van der Waals surface area contributed by atoms with E-state index in [1.165, 1.54) is 0 Å². The number of aromatic nitrogens is 2. The first-order valence-electron chi connectivity index (χ1n) is 8.93. The molecule has 150 valence electrons. The third-order valence-electron chi connectivity index (χ3n) is 4.10. The van der Waals surface area contributed by atoms with Crippen molar-refractivity contribution in [1.29, 1.82) is 0 Å². The zero-order valence-electron chi connectivity index (χ0n) is 16.2. The number of hydrogen-bond donors (Lipinski definition) is 2. The van der Waals surface area contributed by atoms with E-state index in [1.54, 1.807) is 37.3 Å². The van der Waals surface area contributed by atoms with Gasteiger partial charge in [-0.15, -0.1) is 0 Å². The summed E-state index contributed by atoms with van der Waals surface area (Å²) in [7, 11) is 0. The highest BCUT2D eigenvalue weighted by Crippen LogP contribution is 2.31. The van der Waals surface area contributed by atoms with Gasteiger partial charge in [-0.2, -0.15) is 4.98 Å². The second-order valence-corrected chi connectivity index (χ2v) is 6.67. The lowest BCUT2D eigenvalue weighted by Crippen LogP contribution is -2.07. The van der Waals surface area contributed by atoms with Gasteiger partial charge in [-0.1, -0.05) is 17.7 Å². The molecule has 9 heteroatoms. The second kappa shape index (κ2) is 8.74. The number of hydrogen-bond acceptors (Lipinski definition) is 7. The second-order valence-electron chi connectivity index (χ2n) is 6.26. The van der Waals surface area contributed by atoms with Crippen LogP contribution >= 0.6 is 11.6 Å². The largest absolute Gasteiger partial charge is 0.494 e. The zero-order chi connectivity index (χ0) is 21.0. The highest BCUT2D eigenvalue weighted by molar-refractivity contribution is 6.31. The Morgan fingerprint density at radius 2 is 1.76 bits per heavy atom. The minimum atomic E-state index is -0.501. The molecule has 0 radical (unpaired) electrons. The zero-order valence-corrected chi connectivity index (χ0v) is 16.9. The number of rotatable bonds is 7. The van der Waals surface area contributed by atoms with Crippen molar-refractivity contribution in [1.82, 2.24) is 9.97 Å². The van der Waals surface area contributed by atoms with Gasteiger partial charge in [0.25, 0.3) is 0 Å². The Bertz CT molecular complexity index is 1040. The average molecular weight is 414 g/mol. The molecule has 0 spiro atoms. The number of benzene rings is 2. The molecule has 0 amide bonds. The molecule has 0 saturated carbocycles. The molecule has 3 rings (SSSR count). The van der Waals surface area contributed by atoms with Gasteiger partial charge in [-0.05, 0) is 62.7 Å². The fraction of sp³-hybridized carbons (Fsp3) is 0.200.